The summed E-state index contributed by atoms with van der Waals surface area (Å²) in [4.78, 5) is 23.3. The lowest BCUT2D eigenvalue weighted by Gasteiger charge is -2.32. The number of pyridine rings is 2. The number of fused-ring (bicyclic) bond motifs is 1. The van der Waals surface area contributed by atoms with Gasteiger partial charge in [-0.05, 0) is 30.7 Å². The third-order valence-electron chi connectivity index (χ3n) is 4.29. The van der Waals surface area contributed by atoms with Gasteiger partial charge in [-0.2, -0.15) is 0 Å². The zero-order valence-corrected chi connectivity index (χ0v) is 13.9. The molecule has 0 spiro atoms. The van der Waals surface area contributed by atoms with E-state index in [-0.39, 0.29) is 12.0 Å². The first kappa shape index (κ1) is 15.6. The number of carbonyl (C=O) groups is 1. The Labute approximate surface area is 145 Å². The molecule has 0 aromatic carbocycles. The number of nitrogens with two attached hydrogens (primary N) is 1. The summed E-state index contributed by atoms with van der Waals surface area (Å²) in [7, 11) is 0. The molecule has 128 valence electrons. The first-order valence-corrected chi connectivity index (χ1v) is 8.19. The van der Waals surface area contributed by atoms with Gasteiger partial charge in [0, 0.05) is 18.9 Å². The summed E-state index contributed by atoms with van der Waals surface area (Å²) in [5.41, 5.74) is 8.80. The van der Waals surface area contributed by atoms with E-state index in [2.05, 4.69) is 9.97 Å². The number of hydrogen-bond donors (Lipinski definition) is 1. The molecular weight excluding hydrogens is 318 g/mol. The summed E-state index contributed by atoms with van der Waals surface area (Å²) >= 11 is 0. The van der Waals surface area contributed by atoms with Gasteiger partial charge in [-0.1, -0.05) is 12.1 Å². The van der Waals surface area contributed by atoms with Gasteiger partial charge in [-0.3, -0.25) is 4.79 Å². The maximum absolute atomic E-state index is 12.8. The SMILES string of the molecule is Cc1ccc2nc(C(=O)N3CCOC(c4cccc(N)n4)C3)cn2c1. The fourth-order valence-electron chi connectivity index (χ4n) is 3.03. The van der Waals surface area contributed by atoms with Crippen molar-refractivity contribution in [2.24, 2.45) is 0 Å². The Morgan fingerprint density at radius 2 is 2.12 bits per heavy atom. The average molecular weight is 337 g/mol. The van der Waals surface area contributed by atoms with Crippen LogP contribution in [0.2, 0.25) is 0 Å². The minimum Gasteiger partial charge on any atom is -0.384 e. The molecule has 0 bridgehead atoms. The Hall–Kier alpha value is -2.93. The summed E-state index contributed by atoms with van der Waals surface area (Å²) in [6.07, 6.45) is 3.45. The van der Waals surface area contributed by atoms with Crippen LogP contribution in [-0.2, 0) is 4.74 Å². The number of aromatic nitrogens is 3. The van der Waals surface area contributed by atoms with E-state index in [1.54, 1.807) is 17.2 Å². The van der Waals surface area contributed by atoms with Crippen LogP contribution in [0.15, 0.2) is 42.7 Å². The lowest BCUT2D eigenvalue weighted by atomic mass is 10.1. The Morgan fingerprint density at radius 1 is 1.24 bits per heavy atom. The second-order valence-corrected chi connectivity index (χ2v) is 6.20. The highest BCUT2D eigenvalue weighted by Crippen LogP contribution is 2.22. The van der Waals surface area contributed by atoms with Gasteiger partial charge in [0.1, 0.15) is 23.3 Å². The maximum Gasteiger partial charge on any atom is 0.274 e. The molecule has 3 aromatic rings. The molecule has 1 saturated heterocycles. The fourth-order valence-corrected chi connectivity index (χ4v) is 3.03. The van der Waals surface area contributed by atoms with Gasteiger partial charge in [0.2, 0.25) is 0 Å². The molecule has 4 heterocycles. The number of carbonyl (C=O) groups excluding carboxylic acids is 1. The Balaban J connectivity index is 1.56. The number of aryl methyl sites for hydroxylation is 1. The van der Waals surface area contributed by atoms with Crippen LogP contribution in [0.3, 0.4) is 0 Å². The zero-order valence-electron chi connectivity index (χ0n) is 13.9. The van der Waals surface area contributed by atoms with Crippen LogP contribution in [0.1, 0.15) is 27.8 Å². The van der Waals surface area contributed by atoms with Crippen LogP contribution in [0.4, 0.5) is 5.82 Å². The minimum absolute atomic E-state index is 0.0986. The van der Waals surface area contributed by atoms with Gasteiger partial charge < -0.3 is 19.8 Å². The third-order valence-corrected chi connectivity index (χ3v) is 4.29. The van der Waals surface area contributed by atoms with E-state index in [0.29, 0.717) is 31.2 Å². The van der Waals surface area contributed by atoms with Gasteiger partial charge in [0.05, 0.1) is 18.8 Å². The molecule has 7 nitrogen and oxygen atoms in total. The van der Waals surface area contributed by atoms with E-state index >= 15 is 0 Å². The van der Waals surface area contributed by atoms with Crippen LogP contribution in [-0.4, -0.2) is 44.9 Å². The van der Waals surface area contributed by atoms with Crippen LogP contribution in [0, 0.1) is 6.92 Å². The molecule has 0 saturated carbocycles. The Kier molecular flexibility index (Phi) is 3.85. The van der Waals surface area contributed by atoms with Crippen molar-refractivity contribution in [3.63, 3.8) is 0 Å². The van der Waals surface area contributed by atoms with E-state index < -0.39 is 0 Å². The summed E-state index contributed by atoms with van der Waals surface area (Å²) in [6.45, 7) is 3.43. The molecule has 2 N–H and O–H groups in total. The number of imidazole rings is 1. The Morgan fingerprint density at radius 3 is 2.96 bits per heavy atom. The van der Waals surface area contributed by atoms with Gasteiger partial charge >= 0.3 is 0 Å². The number of nitrogen functional groups attached to an aromatic ring is 1. The van der Waals surface area contributed by atoms with Crippen LogP contribution in [0.25, 0.3) is 5.65 Å². The number of anilines is 1. The molecule has 4 rings (SSSR count). The first-order chi connectivity index (χ1) is 12.1. The molecule has 1 fully saturated rings. The highest BCUT2D eigenvalue weighted by molar-refractivity contribution is 5.93. The van der Waals surface area contributed by atoms with Gasteiger partial charge in [0.15, 0.2) is 0 Å². The molecule has 0 radical (unpaired) electrons. The number of nitrogens with zero attached hydrogens (tertiary/aromatic N) is 4. The molecule has 3 aromatic heterocycles. The minimum atomic E-state index is -0.277. The van der Waals surface area contributed by atoms with Crippen molar-refractivity contribution in [3.05, 3.63) is 59.7 Å². The van der Waals surface area contributed by atoms with Gasteiger partial charge in [-0.25, -0.2) is 9.97 Å². The van der Waals surface area contributed by atoms with Crippen molar-refractivity contribution < 1.29 is 9.53 Å². The first-order valence-electron chi connectivity index (χ1n) is 8.19. The lowest BCUT2D eigenvalue weighted by Crippen LogP contribution is -2.42. The second kappa shape index (κ2) is 6.18. The highest BCUT2D eigenvalue weighted by atomic mass is 16.5. The van der Waals surface area contributed by atoms with Crippen molar-refractivity contribution in [1.82, 2.24) is 19.3 Å². The Bertz CT molecular complexity index is 936. The van der Waals surface area contributed by atoms with E-state index in [1.807, 2.05) is 41.8 Å². The van der Waals surface area contributed by atoms with Crippen molar-refractivity contribution in [2.75, 3.05) is 25.4 Å². The van der Waals surface area contributed by atoms with Crippen LogP contribution in [0.5, 0.6) is 0 Å². The normalized spacial score (nSPS) is 17.8. The summed E-state index contributed by atoms with van der Waals surface area (Å²) < 4.78 is 7.65. The van der Waals surface area contributed by atoms with Crippen molar-refractivity contribution in [1.29, 1.82) is 0 Å². The van der Waals surface area contributed by atoms with E-state index in [4.69, 9.17) is 10.5 Å². The van der Waals surface area contributed by atoms with Crippen LogP contribution >= 0.6 is 0 Å². The zero-order chi connectivity index (χ0) is 17.4. The standard InChI is InChI=1S/C18H19N5O2/c1-12-5-6-17-21-14(10-23(17)9-12)18(24)22-7-8-25-15(11-22)13-3-2-4-16(19)20-13/h2-6,9-10,15H,7-8,11H2,1H3,(H2,19,20). The predicted molar refractivity (Wildman–Crippen MR) is 93.2 cm³/mol. The molecular formula is C18H19N5O2. The predicted octanol–water partition coefficient (Wildman–Crippen LogP) is 1.83. The van der Waals surface area contributed by atoms with Gasteiger partial charge in [0.25, 0.3) is 5.91 Å². The molecule has 25 heavy (non-hydrogen) atoms. The number of hydrogen-bond acceptors (Lipinski definition) is 5. The fraction of sp³-hybridized carbons (Fsp3) is 0.278. The van der Waals surface area contributed by atoms with E-state index in [0.717, 1.165) is 16.9 Å². The number of morpholine rings is 1. The molecule has 1 aliphatic rings. The average Bonchev–Trinajstić information content (AvgIpc) is 3.04. The molecule has 1 atom stereocenters. The highest BCUT2D eigenvalue weighted by Gasteiger charge is 2.28. The number of amides is 1. The van der Waals surface area contributed by atoms with Crippen molar-refractivity contribution >= 4 is 17.4 Å². The topological polar surface area (TPSA) is 85.8 Å². The summed E-state index contributed by atoms with van der Waals surface area (Å²) in [6, 6.07) is 9.32. The summed E-state index contributed by atoms with van der Waals surface area (Å²) in [5.74, 6) is 0.346. The van der Waals surface area contributed by atoms with Crippen molar-refractivity contribution in [3.8, 4) is 0 Å². The molecule has 0 aliphatic carbocycles. The second-order valence-electron chi connectivity index (χ2n) is 6.20. The van der Waals surface area contributed by atoms with E-state index in [9.17, 15) is 4.79 Å². The lowest BCUT2D eigenvalue weighted by molar-refractivity contribution is -0.0248. The third kappa shape index (κ3) is 3.06. The largest absolute Gasteiger partial charge is 0.384 e. The number of ether oxygens (including phenoxy) is 1. The molecule has 1 unspecified atom stereocenters. The van der Waals surface area contributed by atoms with Crippen molar-refractivity contribution in [2.45, 2.75) is 13.0 Å². The smallest absolute Gasteiger partial charge is 0.274 e. The quantitative estimate of drug-likeness (QED) is 0.771. The number of rotatable bonds is 2. The molecule has 1 amide bonds. The molecule has 7 heteroatoms. The monoisotopic (exact) mass is 337 g/mol. The summed E-state index contributed by atoms with van der Waals surface area (Å²) in [5, 5.41) is 0. The molecule has 1 aliphatic heterocycles. The van der Waals surface area contributed by atoms with E-state index in [1.165, 1.54) is 0 Å². The van der Waals surface area contributed by atoms with Crippen LogP contribution < -0.4 is 5.73 Å². The maximum atomic E-state index is 12.8. The van der Waals surface area contributed by atoms with Gasteiger partial charge in [-0.15, -0.1) is 0 Å².